The fourth-order valence-electron chi connectivity index (χ4n) is 1.59. The molecule has 22 heavy (non-hydrogen) atoms. The molecule has 0 aliphatic heterocycles. The second kappa shape index (κ2) is 6.54. The maximum atomic E-state index is 11.8. The van der Waals surface area contributed by atoms with E-state index in [1.54, 1.807) is 0 Å². The lowest BCUT2D eigenvalue weighted by atomic mass is 10.2. The molecule has 0 aliphatic rings. The van der Waals surface area contributed by atoms with Crippen molar-refractivity contribution in [3.05, 3.63) is 30.3 Å². The van der Waals surface area contributed by atoms with Crippen LogP contribution in [0.2, 0.25) is 0 Å². The summed E-state index contributed by atoms with van der Waals surface area (Å²) < 4.78 is 4.22. The Bertz CT molecular complexity index is 771. The molecule has 8 nitrogen and oxygen atoms in total. The number of nitrogens with two attached hydrogens (primary N) is 1. The van der Waals surface area contributed by atoms with Gasteiger partial charge in [0.25, 0.3) is 0 Å². The van der Waals surface area contributed by atoms with E-state index in [0.717, 1.165) is 17.1 Å². The van der Waals surface area contributed by atoms with Crippen LogP contribution < -0.4 is 11.1 Å². The van der Waals surface area contributed by atoms with E-state index in [1.165, 1.54) is 11.8 Å². The Morgan fingerprint density at radius 1 is 1.32 bits per heavy atom. The number of aromatic amines is 1. The van der Waals surface area contributed by atoms with Gasteiger partial charge in [-0.25, -0.2) is 5.10 Å². The van der Waals surface area contributed by atoms with Crippen LogP contribution in [0.15, 0.2) is 35.5 Å². The van der Waals surface area contributed by atoms with Crippen LogP contribution in [0.3, 0.4) is 0 Å². The van der Waals surface area contributed by atoms with E-state index in [4.69, 9.17) is 5.73 Å². The lowest BCUT2D eigenvalue weighted by molar-refractivity contribution is -0.113. The van der Waals surface area contributed by atoms with Gasteiger partial charge in [-0.05, 0) is 0 Å². The van der Waals surface area contributed by atoms with Gasteiger partial charge in [-0.1, -0.05) is 42.1 Å². The summed E-state index contributed by atoms with van der Waals surface area (Å²) in [6, 6.07) is 9.57. The van der Waals surface area contributed by atoms with Gasteiger partial charge < -0.3 is 5.73 Å². The second-order valence-corrected chi connectivity index (χ2v) is 5.82. The Hall–Kier alpha value is -2.46. The molecule has 3 rings (SSSR count). The van der Waals surface area contributed by atoms with Crippen LogP contribution in [0.1, 0.15) is 0 Å². The quantitative estimate of drug-likeness (QED) is 0.606. The minimum Gasteiger partial charge on any atom is -0.368 e. The van der Waals surface area contributed by atoms with E-state index in [2.05, 4.69) is 29.9 Å². The normalized spacial score (nSPS) is 10.5. The summed E-state index contributed by atoms with van der Waals surface area (Å²) in [5, 5.41) is 9.92. The first-order chi connectivity index (χ1) is 10.7. The van der Waals surface area contributed by atoms with Gasteiger partial charge in [0.2, 0.25) is 22.1 Å². The minimum absolute atomic E-state index is 0.164. The molecule has 0 atom stereocenters. The van der Waals surface area contributed by atoms with Gasteiger partial charge in [-0.3, -0.25) is 10.1 Å². The number of anilines is 2. The van der Waals surface area contributed by atoms with Crippen molar-refractivity contribution in [2.24, 2.45) is 0 Å². The first-order valence-electron chi connectivity index (χ1n) is 6.20. The van der Waals surface area contributed by atoms with Gasteiger partial charge in [-0.2, -0.15) is 14.3 Å². The number of carbonyl (C=O) groups excluding carboxylic acids is 1. The second-order valence-electron chi connectivity index (χ2n) is 4.13. The SMILES string of the molecule is Nc1nc(SCC(=O)Nc2nc(-c3ccccc3)ns2)n[nH]1. The number of hydrogen-bond acceptors (Lipinski definition) is 8. The molecule has 0 aliphatic carbocycles. The molecule has 10 heteroatoms. The highest BCUT2D eigenvalue weighted by Crippen LogP contribution is 2.21. The molecule has 3 aromatic rings. The molecule has 0 unspecified atom stereocenters. The molecular formula is C12H11N7OS2. The van der Waals surface area contributed by atoms with Gasteiger partial charge in [0.15, 0.2) is 5.82 Å². The summed E-state index contributed by atoms with van der Waals surface area (Å²) in [4.78, 5) is 20.0. The Kier molecular flexibility index (Phi) is 4.30. The van der Waals surface area contributed by atoms with Gasteiger partial charge in [-0.15, -0.1) is 5.10 Å². The lowest BCUT2D eigenvalue weighted by Gasteiger charge is -1.98. The zero-order chi connectivity index (χ0) is 15.4. The molecule has 4 N–H and O–H groups in total. The first kappa shape index (κ1) is 14.5. The van der Waals surface area contributed by atoms with Crippen molar-refractivity contribution in [1.82, 2.24) is 24.5 Å². The van der Waals surface area contributed by atoms with Crippen molar-refractivity contribution >= 4 is 40.3 Å². The molecule has 1 aromatic carbocycles. The smallest absolute Gasteiger partial charge is 0.236 e. The van der Waals surface area contributed by atoms with Gasteiger partial charge >= 0.3 is 0 Å². The average molecular weight is 333 g/mol. The van der Waals surface area contributed by atoms with Crippen molar-refractivity contribution < 1.29 is 4.79 Å². The van der Waals surface area contributed by atoms with Crippen molar-refractivity contribution in [3.63, 3.8) is 0 Å². The van der Waals surface area contributed by atoms with Crippen LogP contribution in [-0.2, 0) is 4.79 Å². The molecule has 2 heterocycles. The minimum atomic E-state index is -0.205. The molecule has 2 aromatic heterocycles. The lowest BCUT2D eigenvalue weighted by Crippen LogP contribution is -2.13. The fourth-order valence-corrected chi connectivity index (χ4v) is 2.80. The Morgan fingerprint density at radius 3 is 2.86 bits per heavy atom. The summed E-state index contributed by atoms with van der Waals surface area (Å²) in [5.41, 5.74) is 6.31. The van der Waals surface area contributed by atoms with Crippen LogP contribution in [0.5, 0.6) is 0 Å². The van der Waals surface area contributed by atoms with Crippen LogP contribution in [0.25, 0.3) is 11.4 Å². The molecule has 1 amide bonds. The number of nitrogen functional groups attached to an aromatic ring is 1. The number of aromatic nitrogens is 5. The van der Waals surface area contributed by atoms with E-state index in [1.807, 2.05) is 30.3 Å². The van der Waals surface area contributed by atoms with Gasteiger partial charge in [0.1, 0.15) is 0 Å². The highest BCUT2D eigenvalue weighted by atomic mass is 32.2. The molecule has 112 valence electrons. The highest BCUT2D eigenvalue weighted by Gasteiger charge is 2.11. The Balaban J connectivity index is 1.57. The van der Waals surface area contributed by atoms with E-state index >= 15 is 0 Å². The molecule has 0 fully saturated rings. The zero-order valence-electron chi connectivity index (χ0n) is 11.2. The molecule has 0 bridgehead atoms. The summed E-state index contributed by atoms with van der Waals surface area (Å²) in [5.74, 6) is 0.774. The molecular weight excluding hydrogens is 322 g/mol. The number of hydrogen-bond donors (Lipinski definition) is 3. The molecule has 0 radical (unpaired) electrons. The highest BCUT2D eigenvalue weighted by molar-refractivity contribution is 7.99. The maximum Gasteiger partial charge on any atom is 0.236 e. The molecule has 0 spiro atoms. The molecule has 0 saturated heterocycles. The number of thioether (sulfide) groups is 1. The van der Waals surface area contributed by atoms with E-state index < -0.39 is 0 Å². The summed E-state index contributed by atoms with van der Waals surface area (Å²) in [6.07, 6.45) is 0. The topological polar surface area (TPSA) is 122 Å². The summed E-state index contributed by atoms with van der Waals surface area (Å²) in [6.45, 7) is 0. The number of amides is 1. The van der Waals surface area contributed by atoms with Crippen LogP contribution in [0, 0.1) is 0 Å². The van der Waals surface area contributed by atoms with E-state index in [-0.39, 0.29) is 17.6 Å². The van der Waals surface area contributed by atoms with Crippen LogP contribution in [-0.4, -0.2) is 36.2 Å². The summed E-state index contributed by atoms with van der Waals surface area (Å²) in [7, 11) is 0. The van der Waals surface area contributed by atoms with Gasteiger partial charge in [0, 0.05) is 17.1 Å². The van der Waals surface area contributed by atoms with Crippen molar-refractivity contribution in [3.8, 4) is 11.4 Å². The van der Waals surface area contributed by atoms with Crippen molar-refractivity contribution in [2.75, 3.05) is 16.8 Å². The maximum absolute atomic E-state index is 11.8. The standard InChI is InChI=1S/C12H11N7OS2/c13-10-16-12(18-17-10)21-6-8(20)14-11-15-9(19-22-11)7-4-2-1-3-5-7/h1-5H,6H2,(H3,13,16,17,18)(H,14,15,19,20). The third-order valence-corrected chi connectivity index (χ3v) is 4.00. The largest absolute Gasteiger partial charge is 0.368 e. The monoisotopic (exact) mass is 333 g/mol. The van der Waals surface area contributed by atoms with Gasteiger partial charge in [0.05, 0.1) is 5.75 Å². The van der Waals surface area contributed by atoms with E-state index in [0.29, 0.717) is 16.1 Å². The van der Waals surface area contributed by atoms with Crippen LogP contribution in [0.4, 0.5) is 11.1 Å². The van der Waals surface area contributed by atoms with Crippen molar-refractivity contribution in [1.29, 1.82) is 0 Å². The van der Waals surface area contributed by atoms with Crippen LogP contribution >= 0.6 is 23.3 Å². The number of nitrogens with zero attached hydrogens (tertiary/aromatic N) is 4. The third kappa shape index (κ3) is 3.59. The zero-order valence-corrected chi connectivity index (χ0v) is 12.8. The molecule has 0 saturated carbocycles. The predicted molar refractivity (Wildman–Crippen MR) is 85.5 cm³/mol. The summed E-state index contributed by atoms with van der Waals surface area (Å²) >= 11 is 2.32. The third-order valence-electron chi connectivity index (χ3n) is 2.52. The average Bonchev–Trinajstić information content (AvgIpc) is 3.15. The number of H-pyrrole nitrogens is 1. The van der Waals surface area contributed by atoms with Crippen molar-refractivity contribution in [2.45, 2.75) is 5.16 Å². The number of benzene rings is 1. The number of rotatable bonds is 5. The predicted octanol–water partition coefficient (Wildman–Crippen LogP) is 1.64. The Morgan fingerprint density at radius 2 is 2.14 bits per heavy atom. The van der Waals surface area contributed by atoms with E-state index in [9.17, 15) is 4.79 Å². The first-order valence-corrected chi connectivity index (χ1v) is 7.96. The number of nitrogens with one attached hydrogen (secondary N) is 2. The fraction of sp³-hybridized carbons (Fsp3) is 0.0833. The Labute approximate surface area is 133 Å². The number of carbonyl (C=O) groups is 1.